The van der Waals surface area contributed by atoms with E-state index in [4.69, 9.17) is 9.97 Å². The smallest absolute Gasteiger partial charge is 0.233 e. The minimum atomic E-state index is -0.426. The highest BCUT2D eigenvalue weighted by Gasteiger charge is 2.39. The summed E-state index contributed by atoms with van der Waals surface area (Å²) in [6.07, 6.45) is 3.72. The lowest BCUT2D eigenvalue weighted by Crippen LogP contribution is -2.25. The van der Waals surface area contributed by atoms with E-state index >= 15 is 0 Å². The van der Waals surface area contributed by atoms with Gasteiger partial charge < -0.3 is 21.3 Å². The van der Waals surface area contributed by atoms with Crippen molar-refractivity contribution >= 4 is 81.8 Å². The topological polar surface area (TPSA) is 194 Å². The Bertz CT molecular complexity index is 3130. The molecule has 0 saturated carbocycles. The van der Waals surface area contributed by atoms with Crippen molar-refractivity contribution in [1.82, 2.24) is 29.9 Å². The molecule has 346 valence electrons. The van der Waals surface area contributed by atoms with Crippen molar-refractivity contribution in [2.45, 2.75) is 59.6 Å². The molecule has 2 aliphatic carbocycles. The molecule has 2 aliphatic rings. The Labute approximate surface area is 412 Å². The van der Waals surface area contributed by atoms with E-state index in [0.29, 0.717) is 46.4 Å². The number of carbonyl (C=O) groups is 4. The van der Waals surface area contributed by atoms with E-state index in [1.807, 2.05) is 60.7 Å². The van der Waals surface area contributed by atoms with Crippen LogP contribution in [0, 0.1) is 0 Å². The van der Waals surface area contributed by atoms with Crippen LogP contribution >= 0.6 is 23.5 Å². The maximum absolute atomic E-state index is 15.0. The van der Waals surface area contributed by atoms with Crippen molar-refractivity contribution in [3.8, 4) is 11.1 Å². The number of carbonyl (C=O) groups excluding carboxylic acids is 4. The molecule has 2 aromatic heterocycles. The number of aromatic nitrogens is 6. The molecule has 0 fully saturated rings. The molecule has 0 aliphatic heterocycles. The van der Waals surface area contributed by atoms with Gasteiger partial charge in [-0.15, -0.1) is 0 Å². The second-order valence-corrected chi connectivity index (χ2v) is 18.5. The summed E-state index contributed by atoms with van der Waals surface area (Å²) in [6, 6.07) is 39.5. The molecule has 0 unspecified atom stereocenters. The van der Waals surface area contributed by atoms with Crippen LogP contribution in [0.25, 0.3) is 11.1 Å². The number of nitrogens with one attached hydrogen (secondary N) is 4. The highest BCUT2D eigenvalue weighted by Crippen LogP contribution is 2.44. The molecule has 4 N–H and O–H groups in total. The minimum Gasteiger partial charge on any atom is -0.354 e. The third-order valence-corrected chi connectivity index (χ3v) is 13.4. The number of ketones is 4. The monoisotopic (exact) mass is 960 g/mol. The Morgan fingerprint density at radius 1 is 0.371 bits per heavy atom. The molecular formula is C54H44N10O4S2. The molecule has 0 atom stereocenters. The van der Waals surface area contributed by atoms with E-state index in [-0.39, 0.29) is 67.8 Å². The van der Waals surface area contributed by atoms with Crippen LogP contribution in [-0.4, -0.2) is 66.1 Å². The van der Waals surface area contributed by atoms with Gasteiger partial charge in [0.05, 0.1) is 22.5 Å². The zero-order valence-corrected chi connectivity index (χ0v) is 39.7. The molecule has 10 rings (SSSR count). The molecule has 0 amide bonds. The highest BCUT2D eigenvalue weighted by atomic mass is 32.2. The molecule has 16 heteroatoms. The van der Waals surface area contributed by atoms with Gasteiger partial charge in [-0.2, -0.15) is 29.9 Å². The van der Waals surface area contributed by atoms with Gasteiger partial charge in [-0.25, -0.2) is 0 Å². The SMILES string of the molecule is CCCCNc1nc(Nc2ccc(-c3ccc(Nc4nc(NCCCC)nc(Sc5ccccc5)n4)c4c3C(=O)c3ccccc3C4=O)c3c2C(=O)c2ccccc2C3=O)nc(Sc2ccccc2)n1. The number of hydrogen-bond donors (Lipinski definition) is 4. The summed E-state index contributed by atoms with van der Waals surface area (Å²) in [7, 11) is 0. The molecule has 0 saturated heterocycles. The van der Waals surface area contributed by atoms with Gasteiger partial charge in [-0.05, 0) is 83.9 Å². The Morgan fingerprint density at radius 2 is 0.714 bits per heavy atom. The van der Waals surface area contributed by atoms with Crippen molar-refractivity contribution in [3.63, 3.8) is 0 Å². The van der Waals surface area contributed by atoms with Gasteiger partial charge in [0.2, 0.25) is 23.8 Å². The minimum absolute atomic E-state index is 0.0628. The van der Waals surface area contributed by atoms with Gasteiger partial charge in [0.1, 0.15) is 0 Å². The summed E-state index contributed by atoms with van der Waals surface area (Å²) >= 11 is 2.72. The second-order valence-electron chi connectivity index (χ2n) is 16.4. The number of benzene rings is 6. The van der Waals surface area contributed by atoms with E-state index in [1.54, 1.807) is 72.8 Å². The standard InChI is InChI=1S/C54H44N10O4S2/c1-3-5-29-55-49-59-51(63-53(61-49)69-31-17-9-7-10-18-31)57-39-27-25-33(41-43(39)47(67)37-23-15-13-21-35(37)45(41)65)34-26-28-40(44-42(34)46(66)36-22-14-16-24-38(36)48(44)68)58-52-60-50(56-30-6-4-2)62-54(64-52)70-32-19-11-8-12-20-32/h7-28H,3-6,29-30H2,1-2H3,(H2,55,57,59,61,63)(H2,56,58,60,62,64). The van der Waals surface area contributed by atoms with Crippen molar-refractivity contribution < 1.29 is 19.2 Å². The molecule has 6 aromatic carbocycles. The molecule has 14 nitrogen and oxygen atoms in total. The van der Waals surface area contributed by atoms with E-state index in [1.165, 1.54) is 23.5 Å². The fourth-order valence-corrected chi connectivity index (χ4v) is 9.90. The van der Waals surface area contributed by atoms with Gasteiger partial charge in [-0.1, -0.05) is 124 Å². The van der Waals surface area contributed by atoms with Crippen LogP contribution in [0.2, 0.25) is 0 Å². The molecule has 70 heavy (non-hydrogen) atoms. The van der Waals surface area contributed by atoms with Gasteiger partial charge >= 0.3 is 0 Å². The van der Waals surface area contributed by atoms with Crippen LogP contribution in [0.1, 0.15) is 103 Å². The number of unbranched alkanes of at least 4 members (excludes halogenated alkanes) is 2. The molecule has 0 spiro atoms. The zero-order valence-electron chi connectivity index (χ0n) is 38.1. The third kappa shape index (κ3) is 9.26. The van der Waals surface area contributed by atoms with Crippen LogP contribution < -0.4 is 21.3 Å². The van der Waals surface area contributed by atoms with Crippen molar-refractivity contribution in [2.24, 2.45) is 0 Å². The number of rotatable bonds is 17. The van der Waals surface area contributed by atoms with Gasteiger partial charge in [0.25, 0.3) is 0 Å². The van der Waals surface area contributed by atoms with Crippen LogP contribution in [-0.2, 0) is 0 Å². The quantitative estimate of drug-likeness (QED) is 0.0629. The molecular weight excluding hydrogens is 917 g/mol. The fraction of sp³-hybridized carbons (Fsp3) is 0.148. The lowest BCUT2D eigenvalue weighted by molar-refractivity contribution is 0.0978. The second kappa shape index (κ2) is 20.3. The largest absolute Gasteiger partial charge is 0.354 e. The van der Waals surface area contributed by atoms with Crippen molar-refractivity contribution in [3.05, 3.63) is 178 Å². The first-order chi connectivity index (χ1) is 34.3. The van der Waals surface area contributed by atoms with Crippen LogP contribution in [0.4, 0.5) is 35.2 Å². The normalized spacial score (nSPS) is 12.4. The van der Waals surface area contributed by atoms with E-state index < -0.39 is 23.1 Å². The van der Waals surface area contributed by atoms with Crippen molar-refractivity contribution in [2.75, 3.05) is 34.4 Å². The van der Waals surface area contributed by atoms with Crippen LogP contribution in [0.15, 0.2) is 154 Å². The summed E-state index contributed by atoms with van der Waals surface area (Å²) in [5.74, 6) is -0.679. The predicted molar refractivity (Wildman–Crippen MR) is 273 cm³/mol. The van der Waals surface area contributed by atoms with Gasteiger partial charge in [0, 0.05) is 56.3 Å². The predicted octanol–water partition coefficient (Wildman–Crippen LogP) is 11.5. The van der Waals surface area contributed by atoms with E-state index in [9.17, 15) is 19.2 Å². The maximum Gasteiger partial charge on any atom is 0.233 e. The van der Waals surface area contributed by atoms with Crippen LogP contribution in [0.3, 0.4) is 0 Å². The molecule has 0 radical (unpaired) electrons. The summed E-state index contributed by atoms with van der Waals surface area (Å²) in [5, 5.41) is 14.0. The highest BCUT2D eigenvalue weighted by molar-refractivity contribution is 7.99. The zero-order chi connectivity index (χ0) is 48.1. The first-order valence-electron chi connectivity index (χ1n) is 23.0. The van der Waals surface area contributed by atoms with E-state index in [0.717, 1.165) is 35.5 Å². The molecule has 0 bridgehead atoms. The lowest BCUT2D eigenvalue weighted by atomic mass is 9.75. The number of nitrogens with zero attached hydrogens (tertiary/aromatic N) is 6. The first kappa shape index (κ1) is 45.7. The summed E-state index contributed by atoms with van der Waals surface area (Å²) < 4.78 is 0. The lowest BCUT2D eigenvalue weighted by Gasteiger charge is -2.26. The summed E-state index contributed by atoms with van der Waals surface area (Å²) in [5.41, 5.74) is 2.28. The van der Waals surface area contributed by atoms with Crippen molar-refractivity contribution in [1.29, 1.82) is 0 Å². The van der Waals surface area contributed by atoms with Gasteiger partial charge in [-0.3, -0.25) is 19.2 Å². The fourth-order valence-electron chi connectivity index (χ4n) is 8.36. The average Bonchev–Trinajstić information content (AvgIpc) is 3.38. The molecule has 8 aromatic rings. The maximum atomic E-state index is 15.0. The Balaban J connectivity index is 1.11. The molecule has 2 heterocycles. The average molecular weight is 961 g/mol. The number of anilines is 6. The summed E-state index contributed by atoms with van der Waals surface area (Å²) in [4.78, 5) is 89.8. The Morgan fingerprint density at radius 3 is 1.09 bits per heavy atom. The Hall–Kier alpha value is -8.08. The number of fused-ring (bicyclic) bond motifs is 4. The summed E-state index contributed by atoms with van der Waals surface area (Å²) in [6.45, 7) is 5.46. The van der Waals surface area contributed by atoms with Gasteiger partial charge in [0.15, 0.2) is 33.4 Å². The Kier molecular flexibility index (Phi) is 13.2. The van der Waals surface area contributed by atoms with Crippen LogP contribution in [0.5, 0.6) is 0 Å². The first-order valence-corrected chi connectivity index (χ1v) is 24.6. The third-order valence-electron chi connectivity index (χ3n) is 11.7. The van der Waals surface area contributed by atoms with E-state index in [2.05, 4.69) is 55.1 Å². The number of hydrogen-bond acceptors (Lipinski definition) is 16.